The summed E-state index contributed by atoms with van der Waals surface area (Å²) in [5.74, 6) is -1.24. The Morgan fingerprint density at radius 3 is 2.81 bits per heavy atom. The van der Waals surface area contributed by atoms with Crippen LogP contribution in [-0.2, 0) is 25.5 Å². The summed E-state index contributed by atoms with van der Waals surface area (Å²) < 4.78 is 5.03. The van der Waals surface area contributed by atoms with Gasteiger partial charge in [-0.05, 0) is 36.2 Å². The summed E-state index contributed by atoms with van der Waals surface area (Å²) in [6.45, 7) is 1.64. The van der Waals surface area contributed by atoms with Crippen molar-refractivity contribution in [3.8, 4) is 0 Å². The third-order valence-electron chi connectivity index (χ3n) is 4.04. The number of carbonyl (C=O) groups excluding carboxylic acids is 3. The summed E-state index contributed by atoms with van der Waals surface area (Å²) in [5, 5.41) is 4.90. The highest BCUT2D eigenvalue weighted by molar-refractivity contribution is 8.01. The van der Waals surface area contributed by atoms with Crippen LogP contribution >= 0.6 is 11.8 Å². The summed E-state index contributed by atoms with van der Waals surface area (Å²) in [4.78, 5) is 37.0. The monoisotopic (exact) mass is 384 g/mol. The lowest BCUT2D eigenvalue weighted by molar-refractivity contribution is -0.147. The number of benzene rings is 2. The molecule has 0 radical (unpaired) electrons. The van der Waals surface area contributed by atoms with Crippen LogP contribution in [0.15, 0.2) is 53.4 Å². The van der Waals surface area contributed by atoms with Crippen LogP contribution in [0.2, 0.25) is 0 Å². The molecule has 6 nitrogen and oxygen atoms in total. The first kappa shape index (κ1) is 19.0. The Labute approximate surface area is 161 Å². The van der Waals surface area contributed by atoms with E-state index in [9.17, 15) is 14.4 Å². The van der Waals surface area contributed by atoms with Gasteiger partial charge in [-0.2, -0.15) is 0 Å². The van der Waals surface area contributed by atoms with Crippen LogP contribution in [0.3, 0.4) is 0 Å². The van der Waals surface area contributed by atoms with Crippen molar-refractivity contribution in [2.45, 2.75) is 29.9 Å². The number of carbonyl (C=O) groups is 3. The quantitative estimate of drug-likeness (QED) is 0.747. The molecule has 0 saturated carbocycles. The van der Waals surface area contributed by atoms with Crippen LogP contribution < -0.4 is 10.6 Å². The van der Waals surface area contributed by atoms with Crippen LogP contribution in [0.1, 0.15) is 18.9 Å². The van der Waals surface area contributed by atoms with Crippen molar-refractivity contribution in [1.29, 1.82) is 0 Å². The highest BCUT2D eigenvalue weighted by atomic mass is 32.2. The molecular weight excluding hydrogens is 364 g/mol. The lowest BCUT2D eigenvalue weighted by Crippen LogP contribution is -2.32. The molecule has 0 fully saturated rings. The number of ether oxygens (including phenoxy) is 1. The summed E-state index contributed by atoms with van der Waals surface area (Å²) in [7, 11) is 0. The fourth-order valence-electron chi connectivity index (χ4n) is 2.65. The van der Waals surface area contributed by atoms with E-state index in [1.54, 1.807) is 6.07 Å². The summed E-state index contributed by atoms with van der Waals surface area (Å²) in [6, 6.07) is 14.9. The molecule has 2 aromatic rings. The summed E-state index contributed by atoms with van der Waals surface area (Å²) >= 11 is 1.32. The van der Waals surface area contributed by atoms with Crippen LogP contribution in [-0.4, -0.2) is 29.6 Å². The van der Waals surface area contributed by atoms with E-state index in [0.717, 1.165) is 22.6 Å². The topological polar surface area (TPSA) is 84.5 Å². The fourth-order valence-corrected chi connectivity index (χ4v) is 3.74. The van der Waals surface area contributed by atoms with Crippen LogP contribution in [0.25, 0.3) is 0 Å². The molecule has 1 atom stereocenters. The van der Waals surface area contributed by atoms with Crippen LogP contribution in [0.4, 0.5) is 11.4 Å². The average molecular weight is 384 g/mol. The predicted octanol–water partition coefficient (Wildman–Crippen LogP) is 3.23. The minimum atomic E-state index is -0.584. The Kier molecular flexibility index (Phi) is 6.13. The number of rotatable bonds is 6. The van der Waals surface area contributed by atoms with Gasteiger partial charge in [0, 0.05) is 10.6 Å². The summed E-state index contributed by atoms with van der Waals surface area (Å²) in [5.41, 5.74) is 2.51. The third-order valence-corrected chi connectivity index (χ3v) is 5.32. The van der Waals surface area contributed by atoms with Gasteiger partial charge in [0.15, 0.2) is 6.61 Å². The minimum Gasteiger partial charge on any atom is -0.456 e. The molecular formula is C20H20N2O4S. The van der Waals surface area contributed by atoms with Crippen molar-refractivity contribution < 1.29 is 19.1 Å². The lowest BCUT2D eigenvalue weighted by atomic mass is 10.1. The molecule has 1 aliphatic heterocycles. The number of nitrogens with one attached hydrogen (secondary N) is 2. The number of thioether (sulfide) groups is 1. The standard InChI is InChI=1S/C20H20N2O4S/c1-2-13-6-5-7-14(10-13)21-18(23)12-26-19(24)11-17-20(25)22-15-8-3-4-9-16(15)27-17/h3-10,17H,2,11-12H2,1H3,(H,21,23)(H,22,25)/t17-/m0/s1. The van der Waals surface area contributed by atoms with Crippen molar-refractivity contribution in [1.82, 2.24) is 0 Å². The Balaban J connectivity index is 1.48. The highest BCUT2D eigenvalue weighted by Crippen LogP contribution is 2.36. The molecule has 0 bridgehead atoms. The second-order valence-electron chi connectivity index (χ2n) is 6.06. The van der Waals surface area contributed by atoms with E-state index in [1.807, 2.05) is 49.4 Å². The maximum absolute atomic E-state index is 12.1. The number of fused-ring (bicyclic) bond motifs is 1. The molecule has 3 rings (SSSR count). The van der Waals surface area contributed by atoms with Gasteiger partial charge in [-0.25, -0.2) is 0 Å². The fraction of sp³-hybridized carbons (Fsp3) is 0.250. The highest BCUT2D eigenvalue weighted by Gasteiger charge is 2.29. The first-order valence-corrected chi connectivity index (χ1v) is 9.54. The van der Waals surface area contributed by atoms with Gasteiger partial charge in [0.25, 0.3) is 5.91 Å². The Morgan fingerprint density at radius 1 is 1.19 bits per heavy atom. The first-order chi connectivity index (χ1) is 13.0. The lowest BCUT2D eigenvalue weighted by Gasteiger charge is -2.23. The van der Waals surface area contributed by atoms with Gasteiger partial charge in [0.1, 0.15) is 0 Å². The minimum absolute atomic E-state index is 0.0938. The van der Waals surface area contributed by atoms with E-state index in [2.05, 4.69) is 10.6 Å². The number of hydrogen-bond donors (Lipinski definition) is 2. The van der Waals surface area contributed by atoms with Gasteiger partial charge < -0.3 is 15.4 Å². The molecule has 0 saturated heterocycles. The van der Waals surface area contributed by atoms with E-state index >= 15 is 0 Å². The van der Waals surface area contributed by atoms with Gasteiger partial charge in [-0.3, -0.25) is 14.4 Å². The molecule has 0 spiro atoms. The Bertz CT molecular complexity index is 869. The second-order valence-corrected chi connectivity index (χ2v) is 7.30. The zero-order valence-electron chi connectivity index (χ0n) is 14.9. The van der Waals surface area contributed by atoms with Crippen molar-refractivity contribution in [3.63, 3.8) is 0 Å². The zero-order valence-corrected chi connectivity index (χ0v) is 15.7. The number of aryl methyl sites for hydroxylation is 1. The smallest absolute Gasteiger partial charge is 0.307 e. The summed E-state index contributed by atoms with van der Waals surface area (Å²) in [6.07, 6.45) is 0.770. The maximum atomic E-state index is 12.1. The van der Waals surface area contributed by atoms with E-state index < -0.39 is 17.1 Å². The van der Waals surface area contributed by atoms with Gasteiger partial charge in [-0.1, -0.05) is 31.2 Å². The van der Waals surface area contributed by atoms with E-state index in [1.165, 1.54) is 11.8 Å². The molecule has 140 valence electrons. The van der Waals surface area contributed by atoms with E-state index in [0.29, 0.717) is 5.69 Å². The van der Waals surface area contributed by atoms with Crippen molar-refractivity contribution >= 4 is 40.9 Å². The second kappa shape index (κ2) is 8.73. The van der Waals surface area contributed by atoms with Crippen LogP contribution in [0.5, 0.6) is 0 Å². The number of hydrogen-bond acceptors (Lipinski definition) is 5. The molecule has 7 heteroatoms. The molecule has 2 aromatic carbocycles. The predicted molar refractivity (Wildman–Crippen MR) is 105 cm³/mol. The van der Waals surface area contributed by atoms with E-state index in [-0.39, 0.29) is 18.9 Å². The zero-order chi connectivity index (χ0) is 19.2. The van der Waals surface area contributed by atoms with Gasteiger partial charge in [0.05, 0.1) is 17.4 Å². The molecule has 0 aromatic heterocycles. The first-order valence-electron chi connectivity index (χ1n) is 8.66. The number of anilines is 2. The molecule has 2 N–H and O–H groups in total. The Morgan fingerprint density at radius 2 is 2.00 bits per heavy atom. The van der Waals surface area contributed by atoms with Gasteiger partial charge in [0.2, 0.25) is 5.91 Å². The van der Waals surface area contributed by atoms with Crippen molar-refractivity contribution in [2.24, 2.45) is 0 Å². The average Bonchev–Trinajstić information content (AvgIpc) is 2.67. The molecule has 1 aliphatic rings. The molecule has 2 amide bonds. The molecule has 27 heavy (non-hydrogen) atoms. The molecule has 0 aliphatic carbocycles. The molecule has 1 heterocycles. The van der Waals surface area contributed by atoms with Gasteiger partial charge in [-0.15, -0.1) is 11.8 Å². The molecule has 0 unspecified atom stereocenters. The third kappa shape index (κ3) is 5.10. The Hall–Kier alpha value is -2.80. The normalized spacial score (nSPS) is 15.4. The van der Waals surface area contributed by atoms with Crippen LogP contribution in [0, 0.1) is 0 Å². The number of para-hydroxylation sites is 1. The number of amides is 2. The van der Waals surface area contributed by atoms with Crippen molar-refractivity contribution in [3.05, 3.63) is 54.1 Å². The largest absolute Gasteiger partial charge is 0.456 e. The SMILES string of the molecule is CCc1cccc(NC(=O)COC(=O)C[C@@H]2Sc3ccccc3NC2=O)c1. The maximum Gasteiger partial charge on any atom is 0.307 e. The number of esters is 1. The van der Waals surface area contributed by atoms with Crippen molar-refractivity contribution in [2.75, 3.05) is 17.2 Å². The van der Waals surface area contributed by atoms with E-state index in [4.69, 9.17) is 4.74 Å². The van der Waals surface area contributed by atoms with Gasteiger partial charge >= 0.3 is 5.97 Å².